The molecule has 122 valence electrons. The van der Waals surface area contributed by atoms with E-state index in [2.05, 4.69) is 6.07 Å². The molecule has 0 fully saturated rings. The predicted octanol–water partition coefficient (Wildman–Crippen LogP) is 3.95. The highest BCUT2D eigenvalue weighted by atomic mass is 16.5. The zero-order chi connectivity index (χ0) is 17.3. The van der Waals surface area contributed by atoms with E-state index in [0.717, 1.165) is 28.2 Å². The van der Waals surface area contributed by atoms with Crippen LogP contribution in [0.25, 0.3) is 16.9 Å². The number of rotatable bonds is 4. The highest BCUT2D eigenvalue weighted by Gasteiger charge is 2.20. The Bertz CT molecular complexity index is 938. The second-order valence-electron chi connectivity index (χ2n) is 5.70. The minimum Gasteiger partial charge on any atom is -0.493 e. The minimum atomic E-state index is -0.286. The number of fused-ring (bicyclic) bond motifs is 1. The fourth-order valence-corrected chi connectivity index (χ4v) is 2.84. The summed E-state index contributed by atoms with van der Waals surface area (Å²) in [5.74, 6) is 1.01. The molecular weight excluding hydrogens is 302 g/mol. The van der Waals surface area contributed by atoms with Gasteiger partial charge in [-0.2, -0.15) is 5.26 Å². The summed E-state index contributed by atoms with van der Waals surface area (Å²) in [7, 11) is 3.21. The van der Waals surface area contributed by atoms with Gasteiger partial charge < -0.3 is 13.9 Å². The van der Waals surface area contributed by atoms with Crippen LogP contribution in [-0.4, -0.2) is 23.6 Å². The molecule has 0 aliphatic heterocycles. The van der Waals surface area contributed by atoms with E-state index in [-0.39, 0.29) is 5.92 Å². The molecule has 0 saturated heterocycles. The van der Waals surface area contributed by atoms with Crippen LogP contribution in [0.5, 0.6) is 11.5 Å². The van der Waals surface area contributed by atoms with Crippen molar-refractivity contribution in [2.24, 2.45) is 0 Å². The molecule has 1 atom stereocenters. The van der Waals surface area contributed by atoms with Gasteiger partial charge in [0.1, 0.15) is 5.65 Å². The molecule has 3 aromatic rings. The monoisotopic (exact) mass is 321 g/mol. The van der Waals surface area contributed by atoms with Gasteiger partial charge in [0.05, 0.1) is 37.6 Å². The number of pyridine rings is 1. The molecule has 0 spiro atoms. The van der Waals surface area contributed by atoms with Crippen molar-refractivity contribution in [1.29, 1.82) is 5.26 Å². The lowest BCUT2D eigenvalue weighted by molar-refractivity contribution is 0.355. The molecule has 0 saturated carbocycles. The van der Waals surface area contributed by atoms with E-state index in [1.54, 1.807) is 14.2 Å². The number of imidazole rings is 1. The minimum absolute atomic E-state index is 0.286. The number of aryl methyl sites for hydroxylation is 1. The van der Waals surface area contributed by atoms with Gasteiger partial charge in [-0.15, -0.1) is 0 Å². The van der Waals surface area contributed by atoms with Crippen LogP contribution < -0.4 is 9.47 Å². The summed E-state index contributed by atoms with van der Waals surface area (Å²) < 4.78 is 12.7. The van der Waals surface area contributed by atoms with Crippen molar-refractivity contribution >= 4 is 5.65 Å². The van der Waals surface area contributed by atoms with Gasteiger partial charge in [-0.05, 0) is 49.7 Å². The van der Waals surface area contributed by atoms with Gasteiger partial charge in [-0.1, -0.05) is 0 Å². The molecule has 5 nitrogen and oxygen atoms in total. The summed E-state index contributed by atoms with van der Waals surface area (Å²) in [6, 6.07) is 12.0. The summed E-state index contributed by atoms with van der Waals surface area (Å²) in [5.41, 5.74) is 4.51. The van der Waals surface area contributed by atoms with E-state index < -0.39 is 0 Å². The highest BCUT2D eigenvalue weighted by molar-refractivity contribution is 5.70. The van der Waals surface area contributed by atoms with Gasteiger partial charge in [0.15, 0.2) is 11.5 Å². The molecular formula is C19H19N3O2. The van der Waals surface area contributed by atoms with E-state index in [1.807, 2.05) is 54.8 Å². The normalized spacial score (nSPS) is 12.0. The molecule has 0 amide bonds. The lowest BCUT2D eigenvalue weighted by atomic mass is 10.0. The van der Waals surface area contributed by atoms with Crippen LogP contribution in [0, 0.1) is 18.3 Å². The zero-order valence-electron chi connectivity index (χ0n) is 14.2. The number of benzene rings is 1. The average Bonchev–Trinajstić information content (AvgIpc) is 2.98. The molecule has 1 unspecified atom stereocenters. The van der Waals surface area contributed by atoms with Crippen LogP contribution in [0.15, 0.2) is 36.5 Å². The maximum Gasteiger partial charge on any atom is 0.161 e. The molecule has 5 heteroatoms. The molecule has 0 bridgehead atoms. The fourth-order valence-electron chi connectivity index (χ4n) is 2.84. The third-order valence-electron chi connectivity index (χ3n) is 4.08. The summed E-state index contributed by atoms with van der Waals surface area (Å²) in [6.45, 7) is 3.91. The molecule has 0 aliphatic carbocycles. The number of ether oxygens (including phenoxy) is 2. The first-order valence-corrected chi connectivity index (χ1v) is 7.69. The Labute approximate surface area is 141 Å². The molecule has 0 N–H and O–H groups in total. The quantitative estimate of drug-likeness (QED) is 0.730. The maximum absolute atomic E-state index is 9.44. The lowest BCUT2D eigenvalue weighted by Crippen LogP contribution is -1.99. The van der Waals surface area contributed by atoms with Crippen LogP contribution in [0.2, 0.25) is 0 Å². The van der Waals surface area contributed by atoms with Crippen LogP contribution in [0.1, 0.15) is 24.1 Å². The third kappa shape index (κ3) is 2.56. The molecule has 2 heterocycles. The van der Waals surface area contributed by atoms with Crippen LogP contribution in [0.3, 0.4) is 0 Å². The van der Waals surface area contributed by atoms with Gasteiger partial charge in [-0.3, -0.25) is 0 Å². The number of nitrogens with zero attached hydrogens (tertiary/aromatic N) is 3. The summed E-state index contributed by atoms with van der Waals surface area (Å²) in [5, 5.41) is 9.44. The number of methoxy groups -OCH3 is 2. The van der Waals surface area contributed by atoms with Gasteiger partial charge in [0.2, 0.25) is 0 Å². The van der Waals surface area contributed by atoms with Crippen molar-refractivity contribution in [3.8, 4) is 28.8 Å². The number of nitriles is 1. The third-order valence-corrected chi connectivity index (χ3v) is 4.08. The van der Waals surface area contributed by atoms with Crippen molar-refractivity contribution in [3.63, 3.8) is 0 Å². The smallest absolute Gasteiger partial charge is 0.161 e. The molecule has 3 rings (SSSR count). The Morgan fingerprint density at radius 2 is 1.88 bits per heavy atom. The second kappa shape index (κ2) is 6.25. The molecule has 0 radical (unpaired) electrons. The van der Waals surface area contributed by atoms with Gasteiger partial charge >= 0.3 is 0 Å². The predicted molar refractivity (Wildman–Crippen MR) is 92.5 cm³/mol. The number of hydrogen-bond donors (Lipinski definition) is 0. The van der Waals surface area contributed by atoms with Crippen molar-refractivity contribution in [1.82, 2.24) is 9.38 Å². The second-order valence-corrected chi connectivity index (χ2v) is 5.70. The Hall–Kier alpha value is -3.00. The van der Waals surface area contributed by atoms with E-state index in [4.69, 9.17) is 14.5 Å². The largest absolute Gasteiger partial charge is 0.493 e. The first-order chi connectivity index (χ1) is 11.6. The van der Waals surface area contributed by atoms with Crippen LogP contribution >= 0.6 is 0 Å². The summed E-state index contributed by atoms with van der Waals surface area (Å²) in [4.78, 5) is 4.76. The molecule has 0 aliphatic rings. The Balaban J connectivity index is 2.27. The molecule has 2 aromatic heterocycles. The summed E-state index contributed by atoms with van der Waals surface area (Å²) in [6.07, 6.45) is 1.96. The Kier molecular flexibility index (Phi) is 4.13. The molecule has 1 aromatic carbocycles. The Morgan fingerprint density at radius 1 is 1.12 bits per heavy atom. The maximum atomic E-state index is 9.44. The molecule has 24 heavy (non-hydrogen) atoms. The van der Waals surface area contributed by atoms with Crippen molar-refractivity contribution in [2.75, 3.05) is 14.2 Å². The van der Waals surface area contributed by atoms with E-state index in [1.165, 1.54) is 0 Å². The van der Waals surface area contributed by atoms with Gasteiger partial charge in [-0.25, -0.2) is 4.98 Å². The van der Waals surface area contributed by atoms with Crippen LogP contribution in [0.4, 0.5) is 0 Å². The fraction of sp³-hybridized carbons (Fsp3) is 0.263. The SMILES string of the molecule is COc1ccc(-c2nc3cc(C)ccn3c2C(C)C#N)cc1OC. The first-order valence-electron chi connectivity index (χ1n) is 7.69. The highest BCUT2D eigenvalue weighted by Crippen LogP contribution is 2.35. The number of hydrogen-bond acceptors (Lipinski definition) is 4. The van der Waals surface area contributed by atoms with Crippen molar-refractivity contribution in [3.05, 3.63) is 47.8 Å². The van der Waals surface area contributed by atoms with E-state index in [9.17, 15) is 5.26 Å². The van der Waals surface area contributed by atoms with Gasteiger partial charge in [0, 0.05) is 11.8 Å². The summed E-state index contributed by atoms with van der Waals surface area (Å²) >= 11 is 0. The lowest BCUT2D eigenvalue weighted by Gasteiger charge is -2.10. The zero-order valence-corrected chi connectivity index (χ0v) is 14.2. The first kappa shape index (κ1) is 15.9. The van der Waals surface area contributed by atoms with Crippen LogP contribution in [-0.2, 0) is 0 Å². The van der Waals surface area contributed by atoms with E-state index >= 15 is 0 Å². The van der Waals surface area contributed by atoms with Crippen molar-refractivity contribution in [2.45, 2.75) is 19.8 Å². The van der Waals surface area contributed by atoms with E-state index in [0.29, 0.717) is 11.5 Å². The topological polar surface area (TPSA) is 59.5 Å². The number of aromatic nitrogens is 2. The Morgan fingerprint density at radius 3 is 2.54 bits per heavy atom. The van der Waals surface area contributed by atoms with Crippen molar-refractivity contribution < 1.29 is 9.47 Å². The van der Waals surface area contributed by atoms with Gasteiger partial charge in [0.25, 0.3) is 0 Å². The standard InChI is InChI=1S/C19H19N3O2/c1-12-7-8-22-17(9-12)21-18(19(22)13(2)11-20)14-5-6-15(23-3)16(10-14)24-4/h5-10,13H,1-4H3. The average molecular weight is 321 g/mol.